The molecule has 1 amide bonds. The second-order valence-electron chi connectivity index (χ2n) is 8.71. The number of methoxy groups -OCH3 is 1. The highest BCUT2D eigenvalue weighted by Crippen LogP contribution is 2.29. The second kappa shape index (κ2) is 10.2. The van der Waals surface area contributed by atoms with Crippen molar-refractivity contribution >= 4 is 11.7 Å². The lowest BCUT2D eigenvalue weighted by Gasteiger charge is -2.35. The highest BCUT2D eigenvalue weighted by Gasteiger charge is 2.27. The van der Waals surface area contributed by atoms with Crippen molar-refractivity contribution in [3.63, 3.8) is 0 Å². The van der Waals surface area contributed by atoms with Crippen LogP contribution in [0.3, 0.4) is 0 Å². The number of likely N-dealkylation sites (tertiary alicyclic amines) is 1. The Morgan fingerprint density at radius 3 is 2.53 bits per heavy atom. The number of carbonyl (C=O) groups is 1. The number of nitrogens with one attached hydrogen (secondary N) is 1. The maximum absolute atomic E-state index is 12.9. The topological polar surface area (TPSA) is 59.4 Å². The van der Waals surface area contributed by atoms with Gasteiger partial charge in [-0.25, -0.2) is 4.68 Å². The molecule has 1 saturated carbocycles. The Bertz CT molecular complexity index is 793. The first kappa shape index (κ1) is 21.1. The number of rotatable bonds is 7. The van der Waals surface area contributed by atoms with Crippen molar-refractivity contribution < 1.29 is 9.53 Å². The van der Waals surface area contributed by atoms with Gasteiger partial charge in [-0.1, -0.05) is 49.6 Å². The zero-order valence-electron chi connectivity index (χ0n) is 18.0. The molecule has 1 aliphatic heterocycles. The summed E-state index contributed by atoms with van der Waals surface area (Å²) in [5.41, 5.74) is 0.847. The van der Waals surface area contributed by atoms with Crippen LogP contribution in [-0.2, 0) is 9.53 Å². The van der Waals surface area contributed by atoms with E-state index in [0.29, 0.717) is 6.04 Å². The van der Waals surface area contributed by atoms with Crippen LogP contribution >= 0.6 is 0 Å². The summed E-state index contributed by atoms with van der Waals surface area (Å²) < 4.78 is 7.46. The van der Waals surface area contributed by atoms with E-state index in [1.54, 1.807) is 13.3 Å². The molecule has 0 radical (unpaired) electrons. The molecule has 0 spiro atoms. The van der Waals surface area contributed by atoms with Gasteiger partial charge in [0.2, 0.25) is 0 Å². The minimum Gasteiger partial charge on any atom is -0.367 e. The molecule has 1 saturated heterocycles. The molecular formula is C24H34N4O2. The number of hydrogen-bond donors (Lipinski definition) is 1. The van der Waals surface area contributed by atoms with E-state index in [1.165, 1.54) is 38.6 Å². The molecule has 1 aromatic carbocycles. The fraction of sp³-hybridized carbons (Fsp3) is 0.583. The van der Waals surface area contributed by atoms with Crippen LogP contribution in [0.1, 0.15) is 62.7 Å². The molecule has 1 aliphatic carbocycles. The van der Waals surface area contributed by atoms with E-state index in [9.17, 15) is 4.79 Å². The fourth-order valence-electron chi connectivity index (χ4n) is 5.00. The van der Waals surface area contributed by atoms with Crippen LogP contribution < -0.4 is 5.32 Å². The SMILES string of the molecule is CO[C@@H](C(=O)Nc1ccnn1C1CCN(CC2CCCCC2)CC1)c1ccccc1. The van der Waals surface area contributed by atoms with Gasteiger partial charge in [-0.05, 0) is 37.2 Å². The zero-order valence-corrected chi connectivity index (χ0v) is 18.0. The third-order valence-corrected chi connectivity index (χ3v) is 6.64. The Labute approximate surface area is 179 Å². The highest BCUT2D eigenvalue weighted by molar-refractivity contribution is 5.94. The van der Waals surface area contributed by atoms with Gasteiger partial charge in [-0.15, -0.1) is 0 Å². The molecule has 6 heteroatoms. The Kier molecular flexibility index (Phi) is 7.18. The van der Waals surface area contributed by atoms with E-state index in [-0.39, 0.29) is 5.91 Å². The van der Waals surface area contributed by atoms with Crippen molar-refractivity contribution in [3.05, 3.63) is 48.2 Å². The van der Waals surface area contributed by atoms with Crippen LogP contribution in [0.15, 0.2) is 42.6 Å². The van der Waals surface area contributed by atoms with E-state index in [1.807, 2.05) is 41.1 Å². The number of benzene rings is 1. The molecule has 30 heavy (non-hydrogen) atoms. The molecule has 1 atom stereocenters. The number of nitrogens with zero attached hydrogens (tertiary/aromatic N) is 3. The maximum atomic E-state index is 12.9. The summed E-state index contributed by atoms with van der Waals surface area (Å²) in [6.45, 7) is 3.47. The molecule has 1 aromatic heterocycles. The van der Waals surface area contributed by atoms with Gasteiger partial charge in [0.15, 0.2) is 6.10 Å². The van der Waals surface area contributed by atoms with Gasteiger partial charge in [0.1, 0.15) is 5.82 Å². The first-order valence-electron chi connectivity index (χ1n) is 11.4. The quantitative estimate of drug-likeness (QED) is 0.734. The first-order chi connectivity index (χ1) is 14.7. The highest BCUT2D eigenvalue weighted by atomic mass is 16.5. The second-order valence-corrected chi connectivity index (χ2v) is 8.71. The Hall–Kier alpha value is -2.18. The molecule has 0 bridgehead atoms. The van der Waals surface area contributed by atoms with E-state index in [2.05, 4.69) is 15.3 Å². The van der Waals surface area contributed by atoms with Crippen LogP contribution in [0.5, 0.6) is 0 Å². The third-order valence-electron chi connectivity index (χ3n) is 6.64. The predicted molar refractivity (Wildman–Crippen MR) is 118 cm³/mol. The van der Waals surface area contributed by atoms with Gasteiger partial charge in [0.05, 0.1) is 12.2 Å². The predicted octanol–water partition coefficient (Wildman–Crippen LogP) is 4.43. The van der Waals surface area contributed by atoms with Crippen LogP contribution in [0, 0.1) is 5.92 Å². The largest absolute Gasteiger partial charge is 0.367 e. The molecule has 6 nitrogen and oxygen atoms in total. The normalized spacial score (nSPS) is 20.2. The smallest absolute Gasteiger partial charge is 0.259 e. The molecule has 2 aliphatic rings. The molecular weight excluding hydrogens is 376 g/mol. The standard InChI is InChI=1S/C24H34N4O2/c1-30-23(20-10-6-3-7-11-20)24(29)26-22-12-15-25-28(22)21-13-16-27(17-14-21)18-19-8-4-2-5-9-19/h3,6-7,10-12,15,19,21,23H,2,4-5,8-9,13-14,16-18H2,1H3,(H,26,29)/t23-/m1/s1. The van der Waals surface area contributed by atoms with Crippen LogP contribution in [0.4, 0.5) is 5.82 Å². The van der Waals surface area contributed by atoms with Crippen molar-refractivity contribution in [2.24, 2.45) is 5.92 Å². The van der Waals surface area contributed by atoms with Crippen molar-refractivity contribution in [1.29, 1.82) is 0 Å². The van der Waals surface area contributed by atoms with Gasteiger partial charge < -0.3 is 15.0 Å². The third kappa shape index (κ3) is 5.10. The number of anilines is 1. The number of piperidine rings is 1. The zero-order chi connectivity index (χ0) is 20.8. The first-order valence-corrected chi connectivity index (χ1v) is 11.4. The molecule has 1 N–H and O–H groups in total. The summed E-state index contributed by atoms with van der Waals surface area (Å²) in [4.78, 5) is 15.5. The van der Waals surface area contributed by atoms with Gasteiger partial charge in [0.25, 0.3) is 5.91 Å². The van der Waals surface area contributed by atoms with E-state index < -0.39 is 6.10 Å². The van der Waals surface area contributed by atoms with Crippen molar-refractivity contribution in [2.75, 3.05) is 32.1 Å². The Morgan fingerprint density at radius 2 is 1.83 bits per heavy atom. The molecule has 4 rings (SSSR count). The van der Waals surface area contributed by atoms with E-state index in [0.717, 1.165) is 43.2 Å². The van der Waals surface area contributed by atoms with Crippen molar-refractivity contribution in [2.45, 2.75) is 57.1 Å². The van der Waals surface area contributed by atoms with Gasteiger partial charge >= 0.3 is 0 Å². The number of amides is 1. The summed E-state index contributed by atoms with van der Waals surface area (Å²) in [6, 6.07) is 11.8. The average Bonchev–Trinajstić information content (AvgIpc) is 3.24. The average molecular weight is 411 g/mol. The number of ether oxygens (including phenoxy) is 1. The van der Waals surface area contributed by atoms with Gasteiger partial charge in [-0.2, -0.15) is 5.10 Å². The molecule has 0 unspecified atom stereocenters. The lowest BCUT2D eigenvalue weighted by atomic mass is 9.88. The maximum Gasteiger partial charge on any atom is 0.259 e. The molecule has 2 heterocycles. The van der Waals surface area contributed by atoms with Crippen molar-refractivity contribution in [3.8, 4) is 0 Å². The van der Waals surface area contributed by atoms with E-state index >= 15 is 0 Å². The minimum atomic E-state index is -0.633. The lowest BCUT2D eigenvalue weighted by molar-refractivity contribution is -0.126. The summed E-state index contributed by atoms with van der Waals surface area (Å²) in [5.74, 6) is 1.47. The summed E-state index contributed by atoms with van der Waals surface area (Å²) in [7, 11) is 1.57. The van der Waals surface area contributed by atoms with Gasteiger partial charge in [-0.3, -0.25) is 4.79 Å². The lowest BCUT2D eigenvalue weighted by Crippen LogP contribution is -2.38. The molecule has 162 valence electrons. The molecule has 2 aromatic rings. The Balaban J connectivity index is 1.34. The van der Waals surface area contributed by atoms with Gasteiger partial charge in [0, 0.05) is 32.8 Å². The Morgan fingerprint density at radius 1 is 1.10 bits per heavy atom. The number of aromatic nitrogens is 2. The minimum absolute atomic E-state index is 0.166. The number of carbonyl (C=O) groups excluding carboxylic acids is 1. The van der Waals surface area contributed by atoms with E-state index in [4.69, 9.17) is 4.74 Å². The van der Waals surface area contributed by atoms with Crippen LogP contribution in [0.25, 0.3) is 0 Å². The summed E-state index contributed by atoms with van der Waals surface area (Å²) in [5, 5.41) is 7.57. The fourth-order valence-corrected chi connectivity index (χ4v) is 5.00. The monoisotopic (exact) mass is 410 g/mol. The number of hydrogen-bond acceptors (Lipinski definition) is 4. The van der Waals surface area contributed by atoms with Crippen LogP contribution in [0.2, 0.25) is 0 Å². The summed E-state index contributed by atoms with van der Waals surface area (Å²) in [6.07, 6.45) is 10.3. The van der Waals surface area contributed by atoms with Crippen molar-refractivity contribution in [1.82, 2.24) is 14.7 Å². The molecule has 2 fully saturated rings. The van der Waals surface area contributed by atoms with Crippen LogP contribution in [-0.4, -0.2) is 47.3 Å². The summed E-state index contributed by atoms with van der Waals surface area (Å²) >= 11 is 0.